The molecule has 1 heterocycles. The summed E-state index contributed by atoms with van der Waals surface area (Å²) in [4.78, 5) is 25.7. The molecule has 0 amide bonds. The average Bonchev–Trinajstić information content (AvgIpc) is 2.88. The summed E-state index contributed by atoms with van der Waals surface area (Å²) in [5, 5.41) is 5.05. The molecule has 132 valence electrons. The van der Waals surface area contributed by atoms with Gasteiger partial charge in [0.15, 0.2) is 11.6 Å². The van der Waals surface area contributed by atoms with Crippen molar-refractivity contribution in [3.63, 3.8) is 0 Å². The van der Waals surface area contributed by atoms with Crippen LogP contribution in [0.4, 0.5) is 0 Å². The second-order valence-corrected chi connectivity index (χ2v) is 6.79. The number of carbonyl (C=O) groups excluding carboxylic acids is 2. The van der Waals surface area contributed by atoms with E-state index in [-0.39, 0.29) is 23.0 Å². The quantitative estimate of drug-likeness (QED) is 0.597. The molecule has 0 aliphatic rings. The highest BCUT2D eigenvalue weighted by Gasteiger charge is 2.25. The maximum absolute atomic E-state index is 13.1. The number of hydrogen-bond donors (Lipinski definition) is 0. The number of halogens is 2. The zero-order chi connectivity index (χ0) is 18.8. The van der Waals surface area contributed by atoms with Crippen molar-refractivity contribution in [1.29, 1.82) is 0 Å². The summed E-state index contributed by atoms with van der Waals surface area (Å²) in [6.07, 6.45) is 0.0770. The van der Waals surface area contributed by atoms with Gasteiger partial charge in [-0.3, -0.25) is 14.3 Å². The van der Waals surface area contributed by atoms with E-state index in [1.807, 2.05) is 6.07 Å². The predicted molar refractivity (Wildman–Crippen MR) is 102 cm³/mol. The molecule has 0 saturated carbocycles. The number of hydrogen-bond acceptors (Lipinski definition) is 3. The fraction of sp³-hybridized carbons (Fsp3) is 0.150. The molecule has 0 atom stereocenters. The van der Waals surface area contributed by atoms with Crippen molar-refractivity contribution in [2.45, 2.75) is 13.3 Å². The number of ketones is 2. The summed E-state index contributed by atoms with van der Waals surface area (Å²) in [7, 11) is 1.72. The molecule has 0 N–H and O–H groups in total. The van der Waals surface area contributed by atoms with Gasteiger partial charge in [0.2, 0.25) is 0 Å². The number of nitrogens with zero attached hydrogens (tertiary/aromatic N) is 2. The van der Waals surface area contributed by atoms with Crippen LogP contribution in [0.25, 0.3) is 0 Å². The number of benzene rings is 2. The summed E-state index contributed by atoms with van der Waals surface area (Å²) in [5.41, 5.74) is 2.45. The highest BCUT2D eigenvalue weighted by molar-refractivity contribution is 6.37. The van der Waals surface area contributed by atoms with Crippen LogP contribution in [0, 0.1) is 6.92 Å². The van der Waals surface area contributed by atoms with Gasteiger partial charge in [0.25, 0.3) is 0 Å². The van der Waals surface area contributed by atoms with Crippen molar-refractivity contribution in [2.24, 2.45) is 7.05 Å². The molecule has 0 radical (unpaired) electrons. The minimum atomic E-state index is -0.270. The Balaban J connectivity index is 2.01. The van der Waals surface area contributed by atoms with E-state index in [0.717, 1.165) is 0 Å². The Labute approximate surface area is 161 Å². The van der Waals surface area contributed by atoms with Gasteiger partial charge in [0.05, 0.1) is 28.4 Å². The van der Waals surface area contributed by atoms with E-state index in [9.17, 15) is 9.59 Å². The lowest BCUT2D eigenvalue weighted by Gasteiger charge is -2.08. The molecule has 0 unspecified atom stereocenters. The first-order valence-electron chi connectivity index (χ1n) is 7.99. The van der Waals surface area contributed by atoms with Crippen molar-refractivity contribution in [2.75, 3.05) is 0 Å². The first-order chi connectivity index (χ1) is 12.4. The molecule has 0 aliphatic carbocycles. The van der Waals surface area contributed by atoms with Gasteiger partial charge in [0.1, 0.15) is 0 Å². The summed E-state index contributed by atoms with van der Waals surface area (Å²) in [6, 6.07) is 13.7. The standard InChI is InChI=1S/C20H16Cl2N2O2/c1-12-19(20(26)15-9-8-14(21)10-16(15)22)17(24(2)23-12)11-18(25)13-6-4-3-5-7-13/h3-10H,11H2,1-2H3. The molecule has 26 heavy (non-hydrogen) atoms. The Bertz CT molecular complexity index is 995. The molecular formula is C20H16Cl2N2O2. The van der Waals surface area contributed by atoms with Crippen LogP contribution in [-0.2, 0) is 13.5 Å². The minimum Gasteiger partial charge on any atom is -0.294 e. The number of Topliss-reactive ketones (excluding diaryl/α,β-unsaturated/α-hetero) is 1. The molecule has 0 aliphatic heterocycles. The topological polar surface area (TPSA) is 52.0 Å². The molecule has 2 aromatic carbocycles. The highest BCUT2D eigenvalue weighted by atomic mass is 35.5. The molecule has 3 aromatic rings. The maximum Gasteiger partial charge on any atom is 0.198 e. The lowest BCUT2D eigenvalue weighted by molar-refractivity contribution is 0.0990. The lowest BCUT2D eigenvalue weighted by atomic mass is 9.97. The first-order valence-corrected chi connectivity index (χ1v) is 8.74. The SMILES string of the molecule is Cc1nn(C)c(CC(=O)c2ccccc2)c1C(=O)c1ccc(Cl)cc1Cl. The summed E-state index contributed by atoms with van der Waals surface area (Å²) in [6.45, 7) is 1.74. The van der Waals surface area contributed by atoms with Crippen LogP contribution in [-0.4, -0.2) is 21.3 Å². The average molecular weight is 387 g/mol. The largest absolute Gasteiger partial charge is 0.294 e. The molecule has 4 nitrogen and oxygen atoms in total. The van der Waals surface area contributed by atoms with E-state index < -0.39 is 0 Å². The van der Waals surface area contributed by atoms with Gasteiger partial charge in [-0.1, -0.05) is 53.5 Å². The second kappa shape index (κ2) is 7.44. The van der Waals surface area contributed by atoms with E-state index in [0.29, 0.717) is 33.1 Å². The highest BCUT2D eigenvalue weighted by Crippen LogP contribution is 2.26. The zero-order valence-electron chi connectivity index (χ0n) is 14.3. The van der Waals surface area contributed by atoms with E-state index >= 15 is 0 Å². The molecule has 3 rings (SSSR count). The zero-order valence-corrected chi connectivity index (χ0v) is 15.8. The molecular weight excluding hydrogens is 371 g/mol. The van der Waals surface area contributed by atoms with Gasteiger partial charge in [-0.25, -0.2) is 0 Å². The van der Waals surface area contributed by atoms with Crippen LogP contribution in [0.2, 0.25) is 10.0 Å². The van der Waals surface area contributed by atoms with Crippen LogP contribution in [0.15, 0.2) is 48.5 Å². The molecule has 1 aromatic heterocycles. The van der Waals surface area contributed by atoms with Crippen molar-refractivity contribution < 1.29 is 9.59 Å². The summed E-state index contributed by atoms with van der Waals surface area (Å²) in [5.74, 6) is -0.349. The van der Waals surface area contributed by atoms with Crippen molar-refractivity contribution in [1.82, 2.24) is 9.78 Å². The van der Waals surface area contributed by atoms with E-state index in [1.54, 1.807) is 55.1 Å². The van der Waals surface area contributed by atoms with Gasteiger partial charge in [0, 0.05) is 23.2 Å². The molecule has 0 saturated heterocycles. The Morgan fingerprint density at radius 2 is 1.77 bits per heavy atom. The van der Waals surface area contributed by atoms with Gasteiger partial charge in [-0.05, 0) is 25.1 Å². The smallest absolute Gasteiger partial charge is 0.198 e. The second-order valence-electron chi connectivity index (χ2n) is 5.95. The Hall–Kier alpha value is -2.43. The third-order valence-corrected chi connectivity index (χ3v) is 4.72. The number of rotatable bonds is 5. The van der Waals surface area contributed by atoms with Gasteiger partial charge in [-0.15, -0.1) is 0 Å². The molecule has 6 heteroatoms. The summed E-state index contributed by atoms with van der Waals surface area (Å²) < 4.78 is 1.58. The van der Waals surface area contributed by atoms with Crippen LogP contribution >= 0.6 is 23.2 Å². The number of aryl methyl sites for hydroxylation is 2. The molecule has 0 spiro atoms. The van der Waals surface area contributed by atoms with E-state index in [1.165, 1.54) is 6.07 Å². The molecule has 0 fully saturated rings. The van der Waals surface area contributed by atoms with Gasteiger partial charge >= 0.3 is 0 Å². The van der Waals surface area contributed by atoms with Crippen LogP contribution < -0.4 is 0 Å². The van der Waals surface area contributed by atoms with Crippen LogP contribution in [0.3, 0.4) is 0 Å². The number of aromatic nitrogens is 2. The van der Waals surface area contributed by atoms with Crippen LogP contribution in [0.5, 0.6) is 0 Å². The van der Waals surface area contributed by atoms with Gasteiger partial charge < -0.3 is 0 Å². The third-order valence-electron chi connectivity index (χ3n) is 4.17. The minimum absolute atomic E-state index is 0.0770. The van der Waals surface area contributed by atoms with Crippen molar-refractivity contribution in [3.05, 3.63) is 86.7 Å². The predicted octanol–water partition coefficient (Wildman–Crippen LogP) is 4.69. The monoisotopic (exact) mass is 386 g/mol. The lowest BCUT2D eigenvalue weighted by Crippen LogP contribution is -2.13. The Morgan fingerprint density at radius 3 is 2.42 bits per heavy atom. The third kappa shape index (κ3) is 3.57. The normalized spacial score (nSPS) is 10.8. The van der Waals surface area contributed by atoms with Crippen molar-refractivity contribution >= 4 is 34.8 Å². The van der Waals surface area contributed by atoms with Gasteiger partial charge in [-0.2, -0.15) is 5.10 Å². The van der Waals surface area contributed by atoms with E-state index in [4.69, 9.17) is 23.2 Å². The fourth-order valence-electron chi connectivity index (χ4n) is 2.89. The molecule has 0 bridgehead atoms. The fourth-order valence-corrected chi connectivity index (χ4v) is 3.38. The number of carbonyl (C=O) groups is 2. The maximum atomic E-state index is 13.1. The Kier molecular flexibility index (Phi) is 5.25. The van der Waals surface area contributed by atoms with Crippen molar-refractivity contribution in [3.8, 4) is 0 Å². The summed E-state index contributed by atoms with van der Waals surface area (Å²) >= 11 is 12.1. The van der Waals surface area contributed by atoms with Crippen LogP contribution in [0.1, 0.15) is 37.7 Å². The first kappa shape index (κ1) is 18.4. The van der Waals surface area contributed by atoms with E-state index in [2.05, 4.69) is 5.10 Å². The Morgan fingerprint density at radius 1 is 1.08 bits per heavy atom.